The Hall–Kier alpha value is -1.95. The van der Waals surface area contributed by atoms with Crippen molar-refractivity contribution >= 4 is 21.9 Å². The average molecular weight is 286 g/mol. The minimum atomic E-state index is -4.78. The molecule has 0 radical (unpaired) electrons. The van der Waals surface area contributed by atoms with Gasteiger partial charge in [-0.15, -0.1) is 3.89 Å². The van der Waals surface area contributed by atoms with E-state index in [1.165, 1.54) is 11.7 Å². The summed E-state index contributed by atoms with van der Waals surface area (Å²) >= 11 is 0. The van der Waals surface area contributed by atoms with E-state index in [0.717, 1.165) is 4.90 Å². The monoisotopic (exact) mass is 286 g/mol. The molecule has 1 aromatic rings. The molecular weight excluding hydrogens is 275 g/mol. The van der Waals surface area contributed by atoms with Crippen LogP contribution in [0.2, 0.25) is 0 Å². The maximum atomic E-state index is 13.0. The molecule has 9 heteroatoms. The standard InChI is InChI=1S/C10H11FN4O3S/c1-6-8(4-12)10(14(2)13-6)15-5-7(3-9(15)16)19(11,17)18/h7H,3,5H2,1-2H3. The Labute approximate surface area is 109 Å². The van der Waals surface area contributed by atoms with Gasteiger partial charge in [-0.3, -0.25) is 14.4 Å². The number of halogens is 1. The molecule has 1 aliphatic heterocycles. The number of anilines is 1. The molecule has 7 nitrogen and oxygen atoms in total. The lowest BCUT2D eigenvalue weighted by molar-refractivity contribution is -0.117. The number of nitrogens with zero attached hydrogens (tertiary/aromatic N) is 4. The van der Waals surface area contributed by atoms with Crippen molar-refractivity contribution in [2.45, 2.75) is 18.6 Å². The van der Waals surface area contributed by atoms with E-state index in [9.17, 15) is 17.1 Å². The molecule has 0 bridgehead atoms. The predicted molar refractivity (Wildman–Crippen MR) is 63.4 cm³/mol. The van der Waals surface area contributed by atoms with Crippen molar-refractivity contribution in [2.75, 3.05) is 11.4 Å². The Morgan fingerprint density at radius 2 is 2.16 bits per heavy atom. The van der Waals surface area contributed by atoms with Gasteiger partial charge >= 0.3 is 10.2 Å². The van der Waals surface area contributed by atoms with Crippen LogP contribution in [-0.4, -0.2) is 35.9 Å². The molecule has 2 heterocycles. The van der Waals surface area contributed by atoms with E-state index in [2.05, 4.69) is 5.10 Å². The van der Waals surface area contributed by atoms with Crippen molar-refractivity contribution in [3.05, 3.63) is 11.3 Å². The molecule has 1 aliphatic rings. The summed E-state index contributed by atoms with van der Waals surface area (Å²) in [5, 5.41) is 11.7. The summed E-state index contributed by atoms with van der Waals surface area (Å²) in [5.41, 5.74) is 0.618. The normalized spacial score (nSPS) is 19.8. The highest BCUT2D eigenvalue weighted by atomic mass is 32.3. The molecule has 0 N–H and O–H groups in total. The molecule has 1 unspecified atom stereocenters. The van der Waals surface area contributed by atoms with Crippen LogP contribution in [0.15, 0.2) is 0 Å². The van der Waals surface area contributed by atoms with Gasteiger partial charge in [-0.05, 0) is 6.92 Å². The molecule has 0 saturated carbocycles. The zero-order chi connectivity index (χ0) is 14.4. The molecular formula is C10H11FN4O3S. The van der Waals surface area contributed by atoms with Gasteiger partial charge in [-0.2, -0.15) is 18.8 Å². The fourth-order valence-electron chi connectivity index (χ4n) is 2.15. The quantitative estimate of drug-likeness (QED) is 0.713. The van der Waals surface area contributed by atoms with Crippen LogP contribution < -0.4 is 4.90 Å². The van der Waals surface area contributed by atoms with Crippen LogP contribution >= 0.6 is 0 Å². The Morgan fingerprint density at radius 3 is 2.63 bits per heavy atom. The molecule has 1 atom stereocenters. The molecule has 1 saturated heterocycles. The lowest BCUT2D eigenvalue weighted by Crippen LogP contribution is -2.29. The van der Waals surface area contributed by atoms with Gasteiger partial charge in [0.15, 0.2) is 5.82 Å². The van der Waals surface area contributed by atoms with Gasteiger partial charge in [-0.25, -0.2) is 0 Å². The largest absolute Gasteiger partial charge is 0.307 e. The zero-order valence-electron chi connectivity index (χ0n) is 10.3. The third kappa shape index (κ3) is 2.19. The van der Waals surface area contributed by atoms with Crippen molar-refractivity contribution in [2.24, 2.45) is 7.05 Å². The topological polar surface area (TPSA) is 96.1 Å². The summed E-state index contributed by atoms with van der Waals surface area (Å²) in [6, 6.07) is 1.92. The Kier molecular flexibility index (Phi) is 3.06. The highest BCUT2D eigenvalue weighted by Gasteiger charge is 2.41. The fraction of sp³-hybridized carbons (Fsp3) is 0.500. The van der Waals surface area contributed by atoms with Crippen LogP contribution in [0.1, 0.15) is 17.7 Å². The Balaban J connectivity index is 2.45. The van der Waals surface area contributed by atoms with Crippen LogP contribution in [0.25, 0.3) is 0 Å². The summed E-state index contributed by atoms with van der Waals surface area (Å²) in [4.78, 5) is 12.9. The second-order valence-corrected chi connectivity index (χ2v) is 5.94. The van der Waals surface area contributed by atoms with Crippen molar-refractivity contribution < 1.29 is 17.1 Å². The van der Waals surface area contributed by atoms with E-state index in [0.29, 0.717) is 5.69 Å². The first-order chi connectivity index (χ1) is 8.75. The Morgan fingerprint density at radius 1 is 1.53 bits per heavy atom. The van der Waals surface area contributed by atoms with Crippen molar-refractivity contribution in [3.8, 4) is 6.07 Å². The number of nitriles is 1. The van der Waals surface area contributed by atoms with Gasteiger partial charge in [0.1, 0.15) is 16.9 Å². The number of carbonyl (C=O) groups excluding carboxylic acids is 1. The van der Waals surface area contributed by atoms with Gasteiger partial charge in [0.2, 0.25) is 5.91 Å². The maximum absolute atomic E-state index is 13.0. The lowest BCUT2D eigenvalue weighted by Gasteiger charge is -2.16. The Bertz CT molecular complexity index is 688. The molecule has 19 heavy (non-hydrogen) atoms. The van der Waals surface area contributed by atoms with E-state index < -0.39 is 27.8 Å². The van der Waals surface area contributed by atoms with E-state index >= 15 is 0 Å². The average Bonchev–Trinajstić information content (AvgIpc) is 2.78. The predicted octanol–water partition coefficient (Wildman–Crippen LogP) is 0.00480. The number of rotatable bonds is 2. The SMILES string of the molecule is Cc1nn(C)c(N2CC(S(=O)(=O)F)CC2=O)c1C#N. The van der Waals surface area contributed by atoms with Crippen LogP contribution in [0.4, 0.5) is 9.70 Å². The van der Waals surface area contributed by atoms with Crippen LogP contribution in [0, 0.1) is 18.3 Å². The van der Waals surface area contributed by atoms with Crippen molar-refractivity contribution in [3.63, 3.8) is 0 Å². The highest BCUT2D eigenvalue weighted by Crippen LogP contribution is 2.29. The zero-order valence-corrected chi connectivity index (χ0v) is 11.1. The number of hydrogen-bond donors (Lipinski definition) is 0. The molecule has 102 valence electrons. The first-order valence-corrected chi connectivity index (χ1v) is 6.88. The van der Waals surface area contributed by atoms with Crippen LogP contribution in [0.5, 0.6) is 0 Å². The van der Waals surface area contributed by atoms with Gasteiger partial charge in [0, 0.05) is 20.0 Å². The number of carbonyl (C=O) groups is 1. The summed E-state index contributed by atoms with van der Waals surface area (Å²) in [7, 11) is -3.24. The van der Waals surface area contributed by atoms with Crippen molar-refractivity contribution in [1.29, 1.82) is 5.26 Å². The first kappa shape index (κ1) is 13.5. The number of aryl methyl sites for hydroxylation is 2. The third-order valence-corrected chi connectivity index (χ3v) is 4.16. The third-order valence-electron chi connectivity index (χ3n) is 3.05. The van der Waals surface area contributed by atoms with Crippen LogP contribution in [0.3, 0.4) is 0 Å². The number of aromatic nitrogens is 2. The smallest absolute Gasteiger partial charge is 0.294 e. The van der Waals surface area contributed by atoms with Crippen LogP contribution in [-0.2, 0) is 22.1 Å². The molecule has 0 aliphatic carbocycles. The summed E-state index contributed by atoms with van der Waals surface area (Å²) in [5.74, 6) is -0.332. The highest BCUT2D eigenvalue weighted by molar-refractivity contribution is 7.87. The van der Waals surface area contributed by atoms with E-state index in [-0.39, 0.29) is 17.9 Å². The maximum Gasteiger partial charge on any atom is 0.307 e. The lowest BCUT2D eigenvalue weighted by atomic mass is 10.2. The van der Waals surface area contributed by atoms with E-state index in [1.54, 1.807) is 6.92 Å². The summed E-state index contributed by atoms with van der Waals surface area (Å²) in [6.45, 7) is 1.30. The first-order valence-electron chi connectivity index (χ1n) is 5.43. The second-order valence-electron chi connectivity index (χ2n) is 4.33. The molecule has 2 rings (SSSR count). The van der Waals surface area contributed by atoms with Gasteiger partial charge in [0.25, 0.3) is 0 Å². The minimum absolute atomic E-state index is 0.188. The number of amides is 1. The molecule has 1 fully saturated rings. The molecule has 1 aromatic heterocycles. The molecule has 1 amide bonds. The number of hydrogen-bond acceptors (Lipinski definition) is 5. The molecule has 0 spiro atoms. The summed E-state index contributed by atoms with van der Waals surface area (Å²) < 4.78 is 36.0. The van der Waals surface area contributed by atoms with E-state index in [4.69, 9.17) is 5.26 Å². The minimum Gasteiger partial charge on any atom is -0.294 e. The van der Waals surface area contributed by atoms with Gasteiger partial charge < -0.3 is 0 Å². The summed E-state index contributed by atoms with van der Waals surface area (Å²) in [6.07, 6.45) is -0.423. The molecule has 0 aromatic carbocycles. The fourth-order valence-corrected chi connectivity index (χ4v) is 2.82. The van der Waals surface area contributed by atoms with E-state index in [1.807, 2.05) is 6.07 Å². The van der Waals surface area contributed by atoms with Gasteiger partial charge in [0.05, 0.1) is 5.69 Å². The van der Waals surface area contributed by atoms with Crippen molar-refractivity contribution in [1.82, 2.24) is 9.78 Å². The van der Waals surface area contributed by atoms with Gasteiger partial charge in [-0.1, -0.05) is 0 Å². The second kappa shape index (κ2) is 4.31.